The van der Waals surface area contributed by atoms with E-state index in [0.717, 1.165) is 45.8 Å². The van der Waals surface area contributed by atoms with Crippen LogP contribution < -0.4 is 10.2 Å². The molecule has 0 saturated carbocycles. The van der Waals surface area contributed by atoms with Gasteiger partial charge in [-0.2, -0.15) is 0 Å². The molecule has 0 atom stereocenters. The van der Waals surface area contributed by atoms with Crippen LogP contribution in [0, 0.1) is 6.92 Å². The van der Waals surface area contributed by atoms with Crippen LogP contribution in [-0.2, 0) is 4.74 Å². The minimum Gasteiger partial charge on any atom is -0.380 e. The van der Waals surface area contributed by atoms with Gasteiger partial charge in [-0.15, -0.1) is 0 Å². The maximum absolute atomic E-state index is 5.53. The monoisotopic (exact) mass is 278 g/mol. The standard InChI is InChI=1S/C17H30N2O/c1-4-6-13-20-14-11-18-10-12-19(5-2)17-9-7-8-16(3)15-17/h7-9,15,18H,4-6,10-14H2,1-3H3. The number of benzene rings is 1. The summed E-state index contributed by atoms with van der Waals surface area (Å²) in [4.78, 5) is 2.40. The molecule has 0 aliphatic carbocycles. The summed E-state index contributed by atoms with van der Waals surface area (Å²) >= 11 is 0. The van der Waals surface area contributed by atoms with Crippen molar-refractivity contribution in [1.82, 2.24) is 5.32 Å². The average Bonchev–Trinajstić information content (AvgIpc) is 2.46. The largest absolute Gasteiger partial charge is 0.380 e. The topological polar surface area (TPSA) is 24.5 Å². The van der Waals surface area contributed by atoms with Gasteiger partial charge in [0, 0.05) is 38.5 Å². The number of nitrogens with zero attached hydrogens (tertiary/aromatic N) is 1. The van der Waals surface area contributed by atoms with Gasteiger partial charge in [0.1, 0.15) is 0 Å². The normalized spacial score (nSPS) is 10.8. The highest BCUT2D eigenvalue weighted by Crippen LogP contribution is 2.14. The van der Waals surface area contributed by atoms with E-state index < -0.39 is 0 Å². The zero-order valence-corrected chi connectivity index (χ0v) is 13.3. The summed E-state index contributed by atoms with van der Waals surface area (Å²) in [7, 11) is 0. The molecule has 0 aromatic heterocycles. The van der Waals surface area contributed by atoms with Gasteiger partial charge >= 0.3 is 0 Å². The van der Waals surface area contributed by atoms with E-state index in [1.807, 2.05) is 0 Å². The Hall–Kier alpha value is -1.06. The van der Waals surface area contributed by atoms with Gasteiger partial charge in [0.15, 0.2) is 0 Å². The molecule has 1 rings (SSSR count). The van der Waals surface area contributed by atoms with E-state index in [2.05, 4.69) is 55.3 Å². The van der Waals surface area contributed by atoms with Crippen molar-refractivity contribution in [2.45, 2.75) is 33.6 Å². The third-order valence-corrected chi connectivity index (χ3v) is 3.37. The molecule has 1 aromatic carbocycles. The highest BCUT2D eigenvalue weighted by Gasteiger charge is 2.03. The number of hydrogen-bond acceptors (Lipinski definition) is 3. The molecule has 3 nitrogen and oxygen atoms in total. The zero-order chi connectivity index (χ0) is 14.6. The van der Waals surface area contributed by atoms with Gasteiger partial charge < -0.3 is 15.0 Å². The molecular weight excluding hydrogens is 248 g/mol. The number of likely N-dealkylation sites (N-methyl/N-ethyl adjacent to an activating group) is 1. The summed E-state index contributed by atoms with van der Waals surface area (Å²) in [6, 6.07) is 8.70. The predicted octanol–water partition coefficient (Wildman–Crippen LogP) is 3.23. The highest BCUT2D eigenvalue weighted by atomic mass is 16.5. The smallest absolute Gasteiger partial charge is 0.0590 e. The summed E-state index contributed by atoms with van der Waals surface area (Å²) in [5, 5.41) is 3.44. The van der Waals surface area contributed by atoms with Crippen LogP contribution in [0.4, 0.5) is 5.69 Å². The Kier molecular flexibility index (Phi) is 9.09. The summed E-state index contributed by atoms with van der Waals surface area (Å²) in [6.45, 7) is 12.3. The minimum absolute atomic E-state index is 0.816. The predicted molar refractivity (Wildman–Crippen MR) is 87.7 cm³/mol. The lowest BCUT2D eigenvalue weighted by atomic mass is 10.2. The molecule has 0 aliphatic rings. The molecule has 1 aromatic rings. The Morgan fingerprint density at radius 3 is 2.70 bits per heavy atom. The van der Waals surface area contributed by atoms with E-state index >= 15 is 0 Å². The molecule has 0 radical (unpaired) electrons. The molecular formula is C17H30N2O. The SMILES string of the molecule is CCCCOCCNCCN(CC)c1cccc(C)c1. The fourth-order valence-corrected chi connectivity index (χ4v) is 2.13. The molecule has 1 N–H and O–H groups in total. The molecule has 0 spiro atoms. The summed E-state index contributed by atoms with van der Waals surface area (Å²) in [5.41, 5.74) is 2.63. The first kappa shape index (κ1) is 17.0. The van der Waals surface area contributed by atoms with Gasteiger partial charge in [-0.05, 0) is 38.0 Å². The van der Waals surface area contributed by atoms with E-state index in [1.165, 1.54) is 17.7 Å². The maximum Gasteiger partial charge on any atom is 0.0590 e. The number of ether oxygens (including phenoxy) is 1. The van der Waals surface area contributed by atoms with E-state index in [9.17, 15) is 0 Å². The zero-order valence-electron chi connectivity index (χ0n) is 13.3. The molecule has 0 amide bonds. The second-order valence-electron chi connectivity index (χ2n) is 5.13. The number of unbranched alkanes of at least 4 members (excludes halogenated alkanes) is 1. The van der Waals surface area contributed by atoms with Crippen LogP contribution in [0.1, 0.15) is 32.3 Å². The number of rotatable bonds is 11. The lowest BCUT2D eigenvalue weighted by Gasteiger charge is -2.23. The molecule has 0 bridgehead atoms. The Morgan fingerprint density at radius 1 is 1.15 bits per heavy atom. The van der Waals surface area contributed by atoms with Gasteiger partial charge in [0.25, 0.3) is 0 Å². The third-order valence-electron chi connectivity index (χ3n) is 3.37. The fraction of sp³-hybridized carbons (Fsp3) is 0.647. The lowest BCUT2D eigenvalue weighted by Crippen LogP contribution is -2.33. The van der Waals surface area contributed by atoms with Crippen LogP contribution in [0.25, 0.3) is 0 Å². The van der Waals surface area contributed by atoms with Crippen LogP contribution in [-0.4, -0.2) is 39.4 Å². The second-order valence-corrected chi connectivity index (χ2v) is 5.13. The van der Waals surface area contributed by atoms with Crippen molar-refractivity contribution in [3.8, 4) is 0 Å². The van der Waals surface area contributed by atoms with Crippen molar-refractivity contribution in [3.63, 3.8) is 0 Å². The minimum atomic E-state index is 0.816. The van der Waals surface area contributed by atoms with E-state index in [0.29, 0.717) is 0 Å². The van der Waals surface area contributed by atoms with Crippen LogP contribution in [0.15, 0.2) is 24.3 Å². The Morgan fingerprint density at radius 2 is 2.00 bits per heavy atom. The van der Waals surface area contributed by atoms with Gasteiger partial charge in [0.2, 0.25) is 0 Å². The Labute approximate surface area is 124 Å². The molecule has 0 heterocycles. The molecule has 0 unspecified atom stereocenters. The molecule has 20 heavy (non-hydrogen) atoms. The van der Waals surface area contributed by atoms with Crippen molar-refractivity contribution in [3.05, 3.63) is 29.8 Å². The first-order valence-corrected chi connectivity index (χ1v) is 7.88. The van der Waals surface area contributed by atoms with E-state index in [1.54, 1.807) is 0 Å². The summed E-state index contributed by atoms with van der Waals surface area (Å²) < 4.78 is 5.53. The number of aryl methyl sites for hydroxylation is 1. The van der Waals surface area contributed by atoms with Crippen LogP contribution in [0.5, 0.6) is 0 Å². The summed E-state index contributed by atoms with van der Waals surface area (Å²) in [6.07, 6.45) is 2.37. The number of anilines is 1. The maximum atomic E-state index is 5.53. The Balaban J connectivity index is 2.16. The summed E-state index contributed by atoms with van der Waals surface area (Å²) in [5.74, 6) is 0. The molecule has 0 fully saturated rings. The Bertz CT molecular complexity index is 355. The van der Waals surface area contributed by atoms with E-state index in [-0.39, 0.29) is 0 Å². The lowest BCUT2D eigenvalue weighted by molar-refractivity contribution is 0.133. The van der Waals surface area contributed by atoms with Crippen molar-refractivity contribution in [1.29, 1.82) is 0 Å². The van der Waals surface area contributed by atoms with Crippen molar-refractivity contribution in [2.75, 3.05) is 44.3 Å². The van der Waals surface area contributed by atoms with Crippen LogP contribution >= 0.6 is 0 Å². The number of hydrogen-bond donors (Lipinski definition) is 1. The first-order chi connectivity index (χ1) is 9.77. The van der Waals surface area contributed by atoms with Crippen LogP contribution in [0.3, 0.4) is 0 Å². The third kappa shape index (κ3) is 6.92. The molecule has 0 aliphatic heterocycles. The van der Waals surface area contributed by atoms with Crippen molar-refractivity contribution in [2.24, 2.45) is 0 Å². The highest BCUT2D eigenvalue weighted by molar-refractivity contribution is 5.48. The van der Waals surface area contributed by atoms with Crippen LogP contribution in [0.2, 0.25) is 0 Å². The molecule has 0 saturated heterocycles. The average molecular weight is 278 g/mol. The first-order valence-electron chi connectivity index (χ1n) is 7.88. The molecule has 3 heteroatoms. The van der Waals surface area contributed by atoms with Gasteiger partial charge in [-0.25, -0.2) is 0 Å². The van der Waals surface area contributed by atoms with Gasteiger partial charge in [0.05, 0.1) is 6.61 Å². The van der Waals surface area contributed by atoms with Gasteiger partial charge in [-0.1, -0.05) is 25.5 Å². The van der Waals surface area contributed by atoms with Gasteiger partial charge in [-0.3, -0.25) is 0 Å². The van der Waals surface area contributed by atoms with Crippen molar-refractivity contribution < 1.29 is 4.74 Å². The fourth-order valence-electron chi connectivity index (χ4n) is 2.13. The second kappa shape index (κ2) is 10.7. The molecule has 114 valence electrons. The van der Waals surface area contributed by atoms with E-state index in [4.69, 9.17) is 4.74 Å². The van der Waals surface area contributed by atoms with Crippen molar-refractivity contribution >= 4 is 5.69 Å². The quantitative estimate of drug-likeness (QED) is 0.629. The number of nitrogens with one attached hydrogen (secondary N) is 1.